The molecule has 0 aliphatic carbocycles. The van der Waals surface area contributed by atoms with Crippen LogP contribution in [0.1, 0.15) is 32.1 Å². The van der Waals surface area contributed by atoms with Crippen molar-refractivity contribution in [1.82, 2.24) is 9.21 Å². The third-order valence-corrected chi connectivity index (χ3v) is 6.93. The van der Waals surface area contributed by atoms with Gasteiger partial charge in [0.1, 0.15) is 0 Å². The number of anilines is 1. The molecular weight excluding hydrogens is 382 g/mol. The average Bonchev–Trinajstić information content (AvgIpc) is 2.73. The van der Waals surface area contributed by atoms with Crippen molar-refractivity contribution in [3.8, 4) is 0 Å². The quantitative estimate of drug-likeness (QED) is 0.767. The van der Waals surface area contributed by atoms with Gasteiger partial charge < -0.3 is 15.0 Å². The second-order valence-corrected chi connectivity index (χ2v) is 8.97. The number of hydrogen-bond donors (Lipinski definition) is 1. The van der Waals surface area contributed by atoms with Crippen LogP contribution in [0.2, 0.25) is 0 Å². The highest BCUT2D eigenvalue weighted by Gasteiger charge is 2.25. The van der Waals surface area contributed by atoms with Gasteiger partial charge in [0.15, 0.2) is 0 Å². The van der Waals surface area contributed by atoms with Crippen molar-refractivity contribution < 1.29 is 22.7 Å². The molecule has 154 valence electrons. The molecule has 2 fully saturated rings. The molecule has 1 aromatic carbocycles. The maximum absolute atomic E-state index is 12.6. The van der Waals surface area contributed by atoms with Crippen LogP contribution in [-0.4, -0.2) is 68.8 Å². The molecule has 0 saturated carbocycles. The normalized spacial score (nSPS) is 18.6. The number of nitrogens with one attached hydrogen (secondary N) is 1. The topological polar surface area (TPSA) is 96.0 Å². The molecular formula is C19H27N3O5S. The Morgan fingerprint density at radius 3 is 2.21 bits per heavy atom. The van der Waals surface area contributed by atoms with Crippen molar-refractivity contribution in [1.29, 1.82) is 0 Å². The van der Waals surface area contributed by atoms with E-state index in [4.69, 9.17) is 4.74 Å². The lowest BCUT2D eigenvalue weighted by Crippen LogP contribution is -2.40. The lowest BCUT2D eigenvalue weighted by Gasteiger charge is -2.26. The average molecular weight is 410 g/mol. The van der Waals surface area contributed by atoms with Crippen molar-refractivity contribution in [3.63, 3.8) is 0 Å². The van der Waals surface area contributed by atoms with Gasteiger partial charge in [-0.1, -0.05) is 6.42 Å². The Balaban J connectivity index is 1.50. The van der Waals surface area contributed by atoms with Crippen LogP contribution in [0.25, 0.3) is 0 Å². The molecule has 1 N–H and O–H groups in total. The molecule has 28 heavy (non-hydrogen) atoms. The highest BCUT2D eigenvalue weighted by atomic mass is 32.2. The van der Waals surface area contributed by atoms with Crippen LogP contribution in [-0.2, 0) is 24.3 Å². The first-order valence-corrected chi connectivity index (χ1v) is 11.2. The van der Waals surface area contributed by atoms with E-state index in [9.17, 15) is 18.0 Å². The van der Waals surface area contributed by atoms with Crippen LogP contribution in [0, 0.1) is 0 Å². The molecule has 2 aliphatic heterocycles. The summed E-state index contributed by atoms with van der Waals surface area (Å²) >= 11 is 0. The van der Waals surface area contributed by atoms with Gasteiger partial charge in [0, 0.05) is 44.7 Å². The lowest BCUT2D eigenvalue weighted by atomic mass is 10.2. The molecule has 0 bridgehead atoms. The summed E-state index contributed by atoms with van der Waals surface area (Å²) in [6.45, 7) is 3.30. The van der Waals surface area contributed by atoms with Crippen LogP contribution in [0.3, 0.4) is 0 Å². The molecule has 2 aliphatic rings. The minimum absolute atomic E-state index is 0.0542. The zero-order chi connectivity index (χ0) is 20.0. The van der Waals surface area contributed by atoms with Gasteiger partial charge in [-0.2, -0.15) is 4.31 Å². The van der Waals surface area contributed by atoms with Crippen LogP contribution in [0.4, 0.5) is 5.69 Å². The number of rotatable bonds is 6. The van der Waals surface area contributed by atoms with Gasteiger partial charge in [0.25, 0.3) is 0 Å². The summed E-state index contributed by atoms with van der Waals surface area (Å²) in [6, 6.07) is 6.19. The molecule has 0 atom stereocenters. The SMILES string of the molecule is O=C(CCC(=O)N1CCOCC1)Nc1ccc(S(=O)(=O)N2CCCCC2)cc1. The third kappa shape index (κ3) is 5.30. The Morgan fingerprint density at radius 1 is 0.929 bits per heavy atom. The number of carbonyl (C=O) groups excluding carboxylic acids is 2. The molecule has 0 radical (unpaired) electrons. The second-order valence-electron chi connectivity index (χ2n) is 7.03. The minimum atomic E-state index is -3.48. The predicted molar refractivity (Wildman–Crippen MR) is 104 cm³/mol. The fraction of sp³-hybridized carbons (Fsp3) is 0.579. The van der Waals surface area contributed by atoms with E-state index in [-0.39, 0.29) is 29.6 Å². The van der Waals surface area contributed by atoms with Crippen LogP contribution < -0.4 is 5.32 Å². The zero-order valence-electron chi connectivity index (χ0n) is 15.9. The first-order chi connectivity index (χ1) is 13.5. The highest BCUT2D eigenvalue weighted by molar-refractivity contribution is 7.89. The van der Waals surface area contributed by atoms with Gasteiger partial charge in [-0.15, -0.1) is 0 Å². The van der Waals surface area contributed by atoms with E-state index in [0.717, 1.165) is 19.3 Å². The Labute approximate surface area is 165 Å². The van der Waals surface area contributed by atoms with Gasteiger partial charge in [-0.05, 0) is 37.1 Å². The van der Waals surface area contributed by atoms with Crippen molar-refractivity contribution >= 4 is 27.5 Å². The summed E-state index contributed by atoms with van der Waals surface area (Å²) in [5.41, 5.74) is 0.515. The summed E-state index contributed by atoms with van der Waals surface area (Å²) in [4.78, 5) is 26.1. The molecule has 8 nitrogen and oxygen atoms in total. The summed E-state index contributed by atoms with van der Waals surface area (Å²) in [6.07, 6.45) is 3.06. The number of piperidine rings is 1. The largest absolute Gasteiger partial charge is 0.378 e. The molecule has 9 heteroatoms. The number of amides is 2. The summed E-state index contributed by atoms with van der Waals surface area (Å²) in [5.74, 6) is -0.324. The molecule has 3 rings (SSSR count). The molecule has 0 spiro atoms. The zero-order valence-corrected chi connectivity index (χ0v) is 16.7. The van der Waals surface area contributed by atoms with E-state index in [1.54, 1.807) is 17.0 Å². The molecule has 0 aromatic heterocycles. The van der Waals surface area contributed by atoms with Gasteiger partial charge in [0.05, 0.1) is 18.1 Å². The smallest absolute Gasteiger partial charge is 0.243 e. The predicted octanol–water partition coefficient (Wildman–Crippen LogP) is 1.44. The molecule has 2 heterocycles. The Kier molecular flexibility index (Phi) is 7.03. The van der Waals surface area contributed by atoms with Crippen molar-refractivity contribution in [2.45, 2.75) is 37.0 Å². The summed E-state index contributed by atoms with van der Waals surface area (Å²) < 4.78 is 32.0. The number of benzene rings is 1. The Morgan fingerprint density at radius 2 is 1.57 bits per heavy atom. The number of carbonyl (C=O) groups is 2. The summed E-state index contributed by atoms with van der Waals surface area (Å²) in [7, 11) is -3.48. The molecule has 0 unspecified atom stereocenters. The van der Waals surface area contributed by atoms with E-state index >= 15 is 0 Å². The van der Waals surface area contributed by atoms with Crippen molar-refractivity contribution in [2.24, 2.45) is 0 Å². The number of nitrogens with zero attached hydrogens (tertiary/aromatic N) is 2. The first-order valence-electron chi connectivity index (χ1n) is 9.72. The molecule has 2 amide bonds. The molecule has 1 aromatic rings. The van der Waals surface area contributed by atoms with E-state index < -0.39 is 10.0 Å². The molecule has 2 saturated heterocycles. The van der Waals surface area contributed by atoms with Crippen molar-refractivity contribution in [3.05, 3.63) is 24.3 Å². The third-order valence-electron chi connectivity index (χ3n) is 5.02. The second kappa shape index (κ2) is 9.49. The number of morpholine rings is 1. The lowest BCUT2D eigenvalue weighted by molar-refractivity contribution is -0.136. The van der Waals surface area contributed by atoms with Gasteiger partial charge in [0.2, 0.25) is 21.8 Å². The minimum Gasteiger partial charge on any atom is -0.378 e. The van der Waals surface area contributed by atoms with E-state index in [2.05, 4.69) is 5.32 Å². The van der Waals surface area contributed by atoms with E-state index in [1.807, 2.05) is 0 Å². The number of sulfonamides is 1. The first kappa shape index (κ1) is 20.8. The Bertz CT molecular complexity index is 782. The fourth-order valence-corrected chi connectivity index (χ4v) is 4.90. The van der Waals surface area contributed by atoms with Crippen LogP contribution in [0.5, 0.6) is 0 Å². The maximum Gasteiger partial charge on any atom is 0.243 e. The van der Waals surface area contributed by atoms with Crippen LogP contribution in [0.15, 0.2) is 29.2 Å². The van der Waals surface area contributed by atoms with E-state index in [0.29, 0.717) is 45.1 Å². The maximum atomic E-state index is 12.6. The van der Waals surface area contributed by atoms with Gasteiger partial charge >= 0.3 is 0 Å². The number of hydrogen-bond acceptors (Lipinski definition) is 5. The standard InChI is InChI=1S/C19H27N3O5S/c23-18(8-9-19(24)21-12-14-27-15-13-21)20-16-4-6-17(7-5-16)28(25,26)22-10-2-1-3-11-22/h4-7H,1-3,8-15H2,(H,20,23). The fourth-order valence-electron chi connectivity index (χ4n) is 3.38. The van der Waals surface area contributed by atoms with Gasteiger partial charge in [-0.3, -0.25) is 9.59 Å². The Hall–Kier alpha value is -1.97. The van der Waals surface area contributed by atoms with Crippen LogP contribution >= 0.6 is 0 Å². The van der Waals surface area contributed by atoms with Crippen molar-refractivity contribution in [2.75, 3.05) is 44.7 Å². The monoisotopic (exact) mass is 409 g/mol. The highest BCUT2D eigenvalue weighted by Crippen LogP contribution is 2.22. The number of ether oxygens (including phenoxy) is 1. The van der Waals surface area contributed by atoms with Gasteiger partial charge in [-0.25, -0.2) is 8.42 Å². The van der Waals surface area contributed by atoms with E-state index in [1.165, 1.54) is 16.4 Å². The summed E-state index contributed by atoms with van der Waals surface area (Å²) in [5, 5.41) is 2.72.